The van der Waals surface area contributed by atoms with Crippen molar-refractivity contribution in [1.82, 2.24) is 9.78 Å². The molecule has 0 unspecified atom stereocenters. The quantitative estimate of drug-likeness (QED) is 0.295. The Labute approximate surface area is 174 Å². The first-order valence-electron chi connectivity index (χ1n) is 8.41. The van der Waals surface area contributed by atoms with E-state index in [0.717, 1.165) is 37.3 Å². The first-order chi connectivity index (χ1) is 13.2. The van der Waals surface area contributed by atoms with Gasteiger partial charge in [-0.15, -0.1) is 0 Å². The summed E-state index contributed by atoms with van der Waals surface area (Å²) >= 11 is 7.04. The van der Waals surface area contributed by atoms with Gasteiger partial charge in [0.1, 0.15) is 0 Å². The van der Waals surface area contributed by atoms with Gasteiger partial charge in [0, 0.05) is 32.4 Å². The molecule has 1 aromatic heterocycles. The van der Waals surface area contributed by atoms with Crippen molar-refractivity contribution in [1.29, 1.82) is 0 Å². The number of aliphatic imine (C=N–C) groups is 1. The number of hydrogen-bond donors (Lipinski definition) is 0. The molecule has 0 aliphatic heterocycles. The van der Waals surface area contributed by atoms with E-state index >= 15 is 0 Å². The molecule has 0 saturated carbocycles. The van der Waals surface area contributed by atoms with Crippen LogP contribution in [0.1, 0.15) is 5.56 Å². The van der Waals surface area contributed by atoms with Crippen LogP contribution in [0.25, 0.3) is 16.9 Å². The van der Waals surface area contributed by atoms with Gasteiger partial charge in [-0.3, -0.25) is 0 Å². The van der Waals surface area contributed by atoms with Crippen LogP contribution in [0, 0.1) is 0 Å². The van der Waals surface area contributed by atoms with Crippen LogP contribution in [-0.4, -0.2) is 16.0 Å². The van der Waals surface area contributed by atoms with E-state index < -0.39 is 0 Å². The Balaban J connectivity index is 1.79. The second-order valence-electron chi connectivity index (χ2n) is 5.92. The molecule has 0 N–H and O–H groups in total. The Morgan fingerprint density at radius 1 is 0.815 bits per heavy atom. The maximum Gasteiger partial charge on any atom is 0.156 e. The lowest BCUT2D eigenvalue weighted by Crippen LogP contribution is -1.96. The van der Waals surface area contributed by atoms with Gasteiger partial charge in [0.2, 0.25) is 0 Å². The van der Waals surface area contributed by atoms with Crippen LogP contribution in [0.2, 0.25) is 0 Å². The topological polar surface area (TPSA) is 30.2 Å². The van der Waals surface area contributed by atoms with Crippen LogP contribution in [0.4, 0.5) is 5.82 Å². The van der Waals surface area contributed by atoms with E-state index in [1.54, 1.807) is 0 Å². The van der Waals surface area contributed by atoms with Crippen LogP contribution in [0.15, 0.2) is 98.9 Å². The maximum atomic E-state index is 4.79. The maximum absolute atomic E-state index is 4.79. The fourth-order valence-corrected chi connectivity index (χ4v) is 3.35. The third-order valence-electron chi connectivity index (χ3n) is 4.07. The SMILES string of the molecule is Brc1ccc(-c2cc(/N=C/c3ccccc3Br)n(-c3ccccc3)n2)cc1. The number of halogens is 2. The standard InChI is InChI=1S/C22H15Br2N3/c23-18-12-10-16(11-13-18)21-14-22(25-15-17-6-4-5-9-20(17)24)27(26-21)19-7-2-1-3-8-19/h1-15H/b25-15+. The molecule has 3 aromatic carbocycles. The summed E-state index contributed by atoms with van der Waals surface area (Å²) in [5, 5.41) is 4.79. The molecule has 0 aliphatic carbocycles. The van der Waals surface area contributed by atoms with Crippen LogP contribution >= 0.6 is 31.9 Å². The van der Waals surface area contributed by atoms with Crippen molar-refractivity contribution < 1.29 is 0 Å². The fourth-order valence-electron chi connectivity index (χ4n) is 2.70. The van der Waals surface area contributed by atoms with Gasteiger partial charge in [-0.05, 0) is 30.3 Å². The molecule has 4 aromatic rings. The van der Waals surface area contributed by atoms with Gasteiger partial charge < -0.3 is 0 Å². The fraction of sp³-hybridized carbons (Fsp3) is 0. The number of nitrogens with zero attached hydrogens (tertiary/aromatic N) is 3. The largest absolute Gasteiger partial charge is 0.236 e. The zero-order valence-electron chi connectivity index (χ0n) is 14.3. The molecule has 0 saturated heterocycles. The molecule has 132 valence electrons. The van der Waals surface area contributed by atoms with Crippen molar-refractivity contribution in [3.8, 4) is 16.9 Å². The number of benzene rings is 3. The van der Waals surface area contributed by atoms with Gasteiger partial charge in [0.25, 0.3) is 0 Å². The Morgan fingerprint density at radius 2 is 1.52 bits per heavy atom. The molecule has 0 aliphatic rings. The molecular formula is C22H15Br2N3. The second kappa shape index (κ2) is 8.03. The lowest BCUT2D eigenvalue weighted by molar-refractivity contribution is 0.885. The predicted molar refractivity (Wildman–Crippen MR) is 118 cm³/mol. The molecule has 3 nitrogen and oxygen atoms in total. The van der Waals surface area contributed by atoms with Crippen molar-refractivity contribution in [2.45, 2.75) is 0 Å². The van der Waals surface area contributed by atoms with Crippen molar-refractivity contribution >= 4 is 43.9 Å². The minimum absolute atomic E-state index is 0.773. The summed E-state index contributed by atoms with van der Waals surface area (Å²) in [6.45, 7) is 0. The van der Waals surface area contributed by atoms with Crippen molar-refractivity contribution in [3.05, 3.63) is 99.4 Å². The average Bonchev–Trinajstić information content (AvgIpc) is 3.13. The molecule has 0 radical (unpaired) electrons. The van der Waals surface area contributed by atoms with Crippen molar-refractivity contribution in [2.75, 3.05) is 0 Å². The molecule has 0 bridgehead atoms. The summed E-state index contributed by atoms with van der Waals surface area (Å²) in [5.41, 5.74) is 3.92. The van der Waals surface area contributed by atoms with E-state index in [-0.39, 0.29) is 0 Å². The number of para-hydroxylation sites is 1. The number of aromatic nitrogens is 2. The molecular weight excluding hydrogens is 466 g/mol. The van der Waals surface area contributed by atoms with E-state index in [4.69, 9.17) is 10.1 Å². The van der Waals surface area contributed by atoms with E-state index in [9.17, 15) is 0 Å². The minimum atomic E-state index is 0.773. The Morgan fingerprint density at radius 3 is 2.26 bits per heavy atom. The summed E-state index contributed by atoms with van der Waals surface area (Å²) in [4.78, 5) is 4.71. The third kappa shape index (κ3) is 4.10. The van der Waals surface area contributed by atoms with Crippen LogP contribution in [0.5, 0.6) is 0 Å². The zero-order chi connectivity index (χ0) is 18.6. The van der Waals surface area contributed by atoms with Crippen molar-refractivity contribution in [2.24, 2.45) is 4.99 Å². The first-order valence-corrected chi connectivity index (χ1v) is 9.99. The van der Waals surface area contributed by atoms with Crippen LogP contribution in [0.3, 0.4) is 0 Å². The van der Waals surface area contributed by atoms with Gasteiger partial charge in [-0.2, -0.15) is 5.10 Å². The van der Waals surface area contributed by atoms with E-state index in [1.807, 2.05) is 95.8 Å². The number of hydrogen-bond acceptors (Lipinski definition) is 2. The molecule has 0 fully saturated rings. The zero-order valence-corrected chi connectivity index (χ0v) is 17.4. The summed E-state index contributed by atoms with van der Waals surface area (Å²) in [6, 6.07) is 28.2. The Bertz CT molecular complexity index is 1080. The number of rotatable bonds is 4. The molecule has 5 heteroatoms. The third-order valence-corrected chi connectivity index (χ3v) is 5.32. The highest BCUT2D eigenvalue weighted by Gasteiger charge is 2.10. The first kappa shape index (κ1) is 17.9. The van der Waals surface area contributed by atoms with Crippen molar-refractivity contribution in [3.63, 3.8) is 0 Å². The average molecular weight is 481 g/mol. The highest BCUT2D eigenvalue weighted by molar-refractivity contribution is 9.10. The Kier molecular flexibility index (Phi) is 5.32. The molecule has 0 atom stereocenters. The van der Waals surface area contributed by atoms with E-state index in [2.05, 4.69) is 31.9 Å². The van der Waals surface area contributed by atoms with E-state index in [1.165, 1.54) is 0 Å². The van der Waals surface area contributed by atoms with Gasteiger partial charge in [-0.1, -0.05) is 80.4 Å². The van der Waals surface area contributed by atoms with E-state index in [0.29, 0.717) is 0 Å². The highest BCUT2D eigenvalue weighted by atomic mass is 79.9. The van der Waals surface area contributed by atoms with Gasteiger partial charge in [0.15, 0.2) is 5.82 Å². The molecule has 4 rings (SSSR count). The highest BCUT2D eigenvalue weighted by Crippen LogP contribution is 2.28. The monoisotopic (exact) mass is 479 g/mol. The molecule has 27 heavy (non-hydrogen) atoms. The summed E-state index contributed by atoms with van der Waals surface area (Å²) in [6.07, 6.45) is 1.85. The van der Waals surface area contributed by atoms with Crippen LogP contribution in [-0.2, 0) is 0 Å². The summed E-state index contributed by atoms with van der Waals surface area (Å²) < 4.78 is 3.92. The lowest BCUT2D eigenvalue weighted by Gasteiger charge is -2.03. The molecule has 1 heterocycles. The summed E-state index contributed by atoms with van der Waals surface area (Å²) in [7, 11) is 0. The Hall–Kier alpha value is -2.50. The predicted octanol–water partition coefficient (Wildman–Crippen LogP) is 6.81. The summed E-state index contributed by atoms with van der Waals surface area (Å²) in [5.74, 6) is 0.773. The molecule has 0 amide bonds. The molecule has 0 spiro atoms. The second-order valence-corrected chi connectivity index (χ2v) is 7.69. The normalized spacial score (nSPS) is 11.2. The van der Waals surface area contributed by atoms with Gasteiger partial charge >= 0.3 is 0 Å². The minimum Gasteiger partial charge on any atom is -0.236 e. The van der Waals surface area contributed by atoms with Gasteiger partial charge in [-0.25, -0.2) is 9.67 Å². The van der Waals surface area contributed by atoms with Gasteiger partial charge in [0.05, 0.1) is 11.4 Å². The van der Waals surface area contributed by atoms with Crippen LogP contribution < -0.4 is 0 Å². The lowest BCUT2D eigenvalue weighted by atomic mass is 10.1. The smallest absolute Gasteiger partial charge is 0.156 e.